The summed E-state index contributed by atoms with van der Waals surface area (Å²) in [6.45, 7) is 4.06. The maximum absolute atomic E-state index is 6.29. The van der Waals surface area contributed by atoms with Gasteiger partial charge in [-0.3, -0.25) is 0 Å². The van der Waals surface area contributed by atoms with Crippen molar-refractivity contribution >= 4 is 0 Å². The Balaban J connectivity index is 1.50. The third-order valence-corrected chi connectivity index (χ3v) is 4.90. The van der Waals surface area contributed by atoms with Crippen molar-refractivity contribution in [3.63, 3.8) is 0 Å². The van der Waals surface area contributed by atoms with E-state index in [4.69, 9.17) is 9.26 Å². The van der Waals surface area contributed by atoms with E-state index in [0.29, 0.717) is 5.89 Å². The number of aryl methyl sites for hydroxylation is 3. The van der Waals surface area contributed by atoms with Gasteiger partial charge in [0.15, 0.2) is 5.82 Å². The molecule has 3 aromatic rings. The van der Waals surface area contributed by atoms with Crippen molar-refractivity contribution in [1.82, 2.24) is 15.5 Å². The van der Waals surface area contributed by atoms with Crippen molar-refractivity contribution in [3.8, 4) is 17.2 Å². The van der Waals surface area contributed by atoms with Gasteiger partial charge in [-0.1, -0.05) is 41.6 Å². The molecule has 5 nitrogen and oxygen atoms in total. The van der Waals surface area contributed by atoms with E-state index < -0.39 is 0 Å². The molecule has 2 heterocycles. The average Bonchev–Trinajstić information content (AvgIpc) is 3.17. The Labute approximate surface area is 159 Å². The summed E-state index contributed by atoms with van der Waals surface area (Å²) < 4.78 is 11.8. The highest BCUT2D eigenvalue weighted by molar-refractivity contribution is 5.63. The standard InChI is InChI=1S/C22H25N3O2/c1-16-7-9-19(20(15-16)26-18-11-13-23-14-12-18)22-24-21(25-27-22)10-8-17-5-3-2-4-6-17/h2-7,9,15,18,23H,8,10-14H2,1H3. The summed E-state index contributed by atoms with van der Waals surface area (Å²) in [6, 6.07) is 16.5. The number of hydrogen-bond donors (Lipinski definition) is 1. The first kappa shape index (κ1) is 17.7. The van der Waals surface area contributed by atoms with Gasteiger partial charge in [0.25, 0.3) is 5.89 Å². The van der Waals surface area contributed by atoms with Gasteiger partial charge in [-0.05, 0) is 62.5 Å². The number of hydrogen-bond acceptors (Lipinski definition) is 5. The normalized spacial score (nSPS) is 15.0. The van der Waals surface area contributed by atoms with Crippen LogP contribution < -0.4 is 10.1 Å². The highest BCUT2D eigenvalue weighted by Gasteiger charge is 2.19. The monoisotopic (exact) mass is 363 g/mol. The van der Waals surface area contributed by atoms with Gasteiger partial charge in [0.05, 0.1) is 5.56 Å². The molecule has 0 saturated carbocycles. The molecule has 5 heteroatoms. The van der Waals surface area contributed by atoms with Crippen molar-refractivity contribution in [2.24, 2.45) is 0 Å². The van der Waals surface area contributed by atoms with Crippen LogP contribution >= 0.6 is 0 Å². The van der Waals surface area contributed by atoms with E-state index in [1.807, 2.05) is 24.3 Å². The molecular formula is C22H25N3O2. The molecule has 4 rings (SSSR count). The van der Waals surface area contributed by atoms with E-state index in [1.165, 1.54) is 5.56 Å². The zero-order valence-corrected chi connectivity index (χ0v) is 15.6. The van der Waals surface area contributed by atoms with Gasteiger partial charge in [-0.25, -0.2) is 0 Å². The van der Waals surface area contributed by atoms with Gasteiger partial charge >= 0.3 is 0 Å². The molecule has 1 aliphatic rings. The molecule has 0 radical (unpaired) electrons. The molecule has 1 saturated heterocycles. The lowest BCUT2D eigenvalue weighted by Crippen LogP contribution is -2.34. The van der Waals surface area contributed by atoms with Crippen LogP contribution in [-0.2, 0) is 12.8 Å². The average molecular weight is 363 g/mol. The molecular weight excluding hydrogens is 338 g/mol. The summed E-state index contributed by atoms with van der Waals surface area (Å²) in [7, 11) is 0. The SMILES string of the molecule is Cc1ccc(-c2nc(CCc3ccccc3)no2)c(OC2CCNCC2)c1. The van der Waals surface area contributed by atoms with Crippen molar-refractivity contribution in [3.05, 3.63) is 65.5 Å². The predicted molar refractivity (Wildman–Crippen MR) is 105 cm³/mol. The summed E-state index contributed by atoms with van der Waals surface area (Å²) in [5.41, 5.74) is 3.30. The lowest BCUT2D eigenvalue weighted by atomic mass is 10.1. The maximum atomic E-state index is 6.29. The van der Waals surface area contributed by atoms with Crippen LogP contribution in [0.5, 0.6) is 5.75 Å². The first-order valence-corrected chi connectivity index (χ1v) is 9.63. The summed E-state index contributed by atoms with van der Waals surface area (Å²) in [4.78, 5) is 4.61. The van der Waals surface area contributed by atoms with E-state index in [0.717, 1.165) is 61.5 Å². The molecule has 1 aromatic heterocycles. The van der Waals surface area contributed by atoms with Crippen molar-refractivity contribution in [2.45, 2.75) is 38.7 Å². The second-order valence-electron chi connectivity index (χ2n) is 7.07. The Hall–Kier alpha value is -2.66. The molecule has 0 bridgehead atoms. The predicted octanol–water partition coefficient (Wildman–Crippen LogP) is 3.96. The molecule has 27 heavy (non-hydrogen) atoms. The molecule has 140 valence electrons. The molecule has 0 aliphatic carbocycles. The van der Waals surface area contributed by atoms with Crippen molar-refractivity contribution < 1.29 is 9.26 Å². The number of nitrogens with zero attached hydrogens (tertiary/aromatic N) is 2. The summed E-state index contributed by atoms with van der Waals surface area (Å²) in [5.74, 6) is 2.09. The number of piperidine rings is 1. The number of rotatable bonds is 6. The van der Waals surface area contributed by atoms with Gasteiger partial charge in [0.2, 0.25) is 0 Å². The van der Waals surface area contributed by atoms with E-state index in [-0.39, 0.29) is 6.10 Å². The maximum Gasteiger partial charge on any atom is 0.261 e. The van der Waals surface area contributed by atoms with Crippen LogP contribution in [0.4, 0.5) is 0 Å². The Morgan fingerprint density at radius 2 is 1.89 bits per heavy atom. The van der Waals surface area contributed by atoms with Crippen molar-refractivity contribution in [1.29, 1.82) is 0 Å². The van der Waals surface area contributed by atoms with Gasteiger partial charge < -0.3 is 14.6 Å². The fourth-order valence-electron chi connectivity index (χ4n) is 3.36. The van der Waals surface area contributed by atoms with Crippen LogP contribution in [0.1, 0.15) is 29.8 Å². The molecule has 0 unspecified atom stereocenters. The topological polar surface area (TPSA) is 60.2 Å². The van der Waals surface area contributed by atoms with Gasteiger partial charge in [-0.15, -0.1) is 0 Å². The number of nitrogens with one attached hydrogen (secondary N) is 1. The Kier molecular flexibility index (Phi) is 5.49. The third-order valence-electron chi connectivity index (χ3n) is 4.90. The fourth-order valence-corrected chi connectivity index (χ4v) is 3.36. The smallest absolute Gasteiger partial charge is 0.261 e. The molecule has 1 fully saturated rings. The molecule has 0 spiro atoms. The van der Waals surface area contributed by atoms with Crippen LogP contribution in [0, 0.1) is 6.92 Å². The van der Waals surface area contributed by atoms with Crippen LogP contribution in [0.3, 0.4) is 0 Å². The van der Waals surface area contributed by atoms with E-state index in [9.17, 15) is 0 Å². The first-order chi connectivity index (χ1) is 13.3. The van der Waals surface area contributed by atoms with Crippen molar-refractivity contribution in [2.75, 3.05) is 13.1 Å². The first-order valence-electron chi connectivity index (χ1n) is 9.63. The van der Waals surface area contributed by atoms with Crippen LogP contribution in [-0.4, -0.2) is 29.3 Å². The molecule has 0 atom stereocenters. The highest BCUT2D eigenvalue weighted by atomic mass is 16.5. The minimum Gasteiger partial charge on any atom is -0.489 e. The molecule has 2 aromatic carbocycles. The second kappa shape index (κ2) is 8.35. The fraction of sp³-hybridized carbons (Fsp3) is 0.364. The van der Waals surface area contributed by atoms with E-state index in [1.54, 1.807) is 0 Å². The minimum absolute atomic E-state index is 0.229. The number of benzene rings is 2. The van der Waals surface area contributed by atoms with E-state index in [2.05, 4.69) is 46.6 Å². The lowest BCUT2D eigenvalue weighted by molar-refractivity contribution is 0.163. The summed E-state index contributed by atoms with van der Waals surface area (Å²) >= 11 is 0. The largest absolute Gasteiger partial charge is 0.489 e. The Morgan fingerprint density at radius 3 is 2.70 bits per heavy atom. The van der Waals surface area contributed by atoms with Crippen LogP contribution in [0.25, 0.3) is 11.5 Å². The lowest BCUT2D eigenvalue weighted by Gasteiger charge is -2.24. The quantitative estimate of drug-likeness (QED) is 0.718. The van der Waals surface area contributed by atoms with Gasteiger partial charge in [0.1, 0.15) is 11.9 Å². The van der Waals surface area contributed by atoms with Crippen LogP contribution in [0.2, 0.25) is 0 Å². The number of aromatic nitrogens is 2. The minimum atomic E-state index is 0.229. The Morgan fingerprint density at radius 1 is 1.07 bits per heavy atom. The van der Waals surface area contributed by atoms with Gasteiger partial charge in [0, 0.05) is 6.42 Å². The zero-order valence-electron chi connectivity index (χ0n) is 15.6. The molecule has 0 amide bonds. The highest BCUT2D eigenvalue weighted by Crippen LogP contribution is 2.31. The summed E-state index contributed by atoms with van der Waals surface area (Å²) in [6.07, 6.45) is 3.90. The van der Waals surface area contributed by atoms with Gasteiger partial charge in [-0.2, -0.15) is 4.98 Å². The Bertz CT molecular complexity index is 870. The second-order valence-corrected chi connectivity index (χ2v) is 7.07. The summed E-state index contributed by atoms with van der Waals surface area (Å²) in [5, 5.41) is 7.53. The molecule has 1 N–H and O–H groups in total. The molecule has 1 aliphatic heterocycles. The number of ether oxygens (including phenoxy) is 1. The van der Waals surface area contributed by atoms with Crippen LogP contribution in [0.15, 0.2) is 53.1 Å². The van der Waals surface area contributed by atoms with E-state index >= 15 is 0 Å². The zero-order chi connectivity index (χ0) is 18.5. The third kappa shape index (κ3) is 4.55.